The molecule has 22 heavy (non-hydrogen) atoms. The predicted octanol–water partition coefficient (Wildman–Crippen LogP) is 0.187. The molecule has 7 nitrogen and oxygen atoms in total. The Balaban J connectivity index is 1.91. The van der Waals surface area contributed by atoms with Crippen molar-refractivity contribution in [3.8, 4) is 0 Å². The Kier molecular flexibility index (Phi) is 5.37. The maximum Gasteiger partial charge on any atom is 0.241 e. The molecule has 0 unspecified atom stereocenters. The number of carbonyl (C=O) groups is 2. The Labute approximate surface area is 128 Å². The molecular formula is C15H19N5O2. The molecule has 2 rings (SSSR count). The van der Waals surface area contributed by atoms with Gasteiger partial charge in [-0.2, -0.15) is 0 Å². The number of benzene rings is 1. The number of carbonyl (C=O) groups excluding carboxylic acids is 2. The van der Waals surface area contributed by atoms with Gasteiger partial charge in [-0.25, -0.2) is 4.68 Å². The van der Waals surface area contributed by atoms with Crippen LogP contribution in [0.3, 0.4) is 0 Å². The molecule has 116 valence electrons. The molecule has 2 aromatic rings. The minimum atomic E-state index is -0.208. The number of amides is 1. The summed E-state index contributed by atoms with van der Waals surface area (Å²) in [5.74, 6) is -0.370. The summed E-state index contributed by atoms with van der Waals surface area (Å²) in [7, 11) is 3.87. The monoisotopic (exact) mass is 301 g/mol. The molecule has 1 aromatic heterocycles. The largest absolute Gasteiger partial charge is 0.353 e. The van der Waals surface area contributed by atoms with Crippen LogP contribution >= 0.6 is 0 Å². The quantitative estimate of drug-likeness (QED) is 0.738. The first kappa shape index (κ1) is 15.8. The summed E-state index contributed by atoms with van der Waals surface area (Å²) in [6.45, 7) is 1.37. The first-order valence-corrected chi connectivity index (χ1v) is 6.97. The van der Waals surface area contributed by atoms with Crippen molar-refractivity contribution in [1.82, 2.24) is 25.2 Å². The lowest BCUT2D eigenvalue weighted by molar-refractivity contribution is -0.121. The molecule has 1 aromatic carbocycles. The zero-order valence-corrected chi connectivity index (χ0v) is 12.7. The van der Waals surface area contributed by atoms with E-state index in [9.17, 15) is 9.59 Å². The molecular weight excluding hydrogens is 282 g/mol. The van der Waals surface area contributed by atoms with Gasteiger partial charge in [-0.15, -0.1) is 5.10 Å². The fraction of sp³-hybridized carbons (Fsp3) is 0.333. The van der Waals surface area contributed by atoms with E-state index in [1.165, 1.54) is 10.9 Å². The number of hydrogen-bond acceptors (Lipinski definition) is 5. The Morgan fingerprint density at radius 2 is 1.95 bits per heavy atom. The second kappa shape index (κ2) is 7.46. The molecule has 0 aliphatic carbocycles. The number of ketones is 1. The topological polar surface area (TPSA) is 80.1 Å². The molecule has 0 spiro atoms. The van der Waals surface area contributed by atoms with E-state index in [0.29, 0.717) is 12.1 Å². The van der Waals surface area contributed by atoms with Crippen LogP contribution in [0.25, 0.3) is 0 Å². The molecule has 0 bridgehead atoms. The van der Waals surface area contributed by atoms with Gasteiger partial charge in [0.05, 0.1) is 6.20 Å². The summed E-state index contributed by atoms with van der Waals surface area (Å²) >= 11 is 0. The van der Waals surface area contributed by atoms with Crippen LogP contribution in [0.4, 0.5) is 0 Å². The minimum Gasteiger partial charge on any atom is -0.353 e. The highest BCUT2D eigenvalue weighted by molar-refractivity contribution is 6.07. The van der Waals surface area contributed by atoms with Crippen molar-refractivity contribution in [3.63, 3.8) is 0 Å². The van der Waals surface area contributed by atoms with E-state index in [2.05, 4.69) is 15.6 Å². The van der Waals surface area contributed by atoms with Gasteiger partial charge in [0, 0.05) is 18.7 Å². The summed E-state index contributed by atoms with van der Waals surface area (Å²) in [5, 5.41) is 10.4. The third-order valence-electron chi connectivity index (χ3n) is 2.99. The lowest BCUT2D eigenvalue weighted by Crippen LogP contribution is -2.33. The Morgan fingerprint density at radius 3 is 2.64 bits per heavy atom. The highest BCUT2D eigenvalue weighted by Crippen LogP contribution is 2.06. The predicted molar refractivity (Wildman–Crippen MR) is 81.5 cm³/mol. The van der Waals surface area contributed by atoms with E-state index in [-0.39, 0.29) is 23.9 Å². The van der Waals surface area contributed by atoms with Crippen LogP contribution in [0.15, 0.2) is 36.5 Å². The van der Waals surface area contributed by atoms with Crippen LogP contribution in [-0.2, 0) is 11.3 Å². The maximum atomic E-state index is 12.2. The van der Waals surface area contributed by atoms with E-state index in [4.69, 9.17) is 0 Å². The Bertz CT molecular complexity index is 636. The van der Waals surface area contributed by atoms with Crippen LogP contribution < -0.4 is 5.32 Å². The fourth-order valence-corrected chi connectivity index (χ4v) is 1.84. The van der Waals surface area contributed by atoms with Gasteiger partial charge >= 0.3 is 0 Å². The van der Waals surface area contributed by atoms with Gasteiger partial charge in [0.1, 0.15) is 6.54 Å². The van der Waals surface area contributed by atoms with Crippen molar-refractivity contribution in [3.05, 3.63) is 47.8 Å². The van der Waals surface area contributed by atoms with Gasteiger partial charge in [-0.1, -0.05) is 35.5 Å². The molecule has 0 aliphatic heterocycles. The first-order valence-electron chi connectivity index (χ1n) is 6.97. The molecule has 7 heteroatoms. The van der Waals surface area contributed by atoms with Crippen LogP contribution in [0.2, 0.25) is 0 Å². The van der Waals surface area contributed by atoms with E-state index < -0.39 is 0 Å². The summed E-state index contributed by atoms with van der Waals surface area (Å²) in [5.41, 5.74) is 0.775. The second-order valence-corrected chi connectivity index (χ2v) is 5.15. The van der Waals surface area contributed by atoms with Crippen molar-refractivity contribution in [2.75, 3.05) is 27.2 Å². The number of nitrogens with zero attached hydrogens (tertiary/aromatic N) is 4. The van der Waals surface area contributed by atoms with Gasteiger partial charge in [-0.05, 0) is 14.1 Å². The number of aromatic nitrogens is 3. The summed E-state index contributed by atoms with van der Waals surface area (Å²) in [6, 6.07) is 8.85. The van der Waals surface area contributed by atoms with Crippen LogP contribution in [0, 0.1) is 0 Å². The summed E-state index contributed by atoms with van der Waals surface area (Å²) < 4.78 is 1.36. The second-order valence-electron chi connectivity index (χ2n) is 5.15. The van der Waals surface area contributed by atoms with Gasteiger partial charge in [0.2, 0.25) is 11.7 Å². The van der Waals surface area contributed by atoms with Crippen molar-refractivity contribution < 1.29 is 9.59 Å². The van der Waals surface area contributed by atoms with Crippen molar-refractivity contribution >= 4 is 11.7 Å². The van der Waals surface area contributed by atoms with Crippen LogP contribution in [-0.4, -0.2) is 58.8 Å². The highest BCUT2D eigenvalue weighted by Gasteiger charge is 2.14. The average molecular weight is 301 g/mol. The van der Waals surface area contributed by atoms with Crippen molar-refractivity contribution in [2.24, 2.45) is 0 Å². The lowest BCUT2D eigenvalue weighted by Gasteiger charge is -2.10. The van der Waals surface area contributed by atoms with Crippen LogP contribution in [0.1, 0.15) is 16.1 Å². The Morgan fingerprint density at radius 1 is 1.23 bits per heavy atom. The number of rotatable bonds is 7. The van der Waals surface area contributed by atoms with Gasteiger partial charge in [-0.3, -0.25) is 9.59 Å². The molecule has 0 atom stereocenters. The van der Waals surface area contributed by atoms with E-state index >= 15 is 0 Å². The normalized spacial score (nSPS) is 10.7. The van der Waals surface area contributed by atoms with Crippen LogP contribution in [0.5, 0.6) is 0 Å². The van der Waals surface area contributed by atoms with Gasteiger partial charge in [0.15, 0.2) is 5.69 Å². The first-order chi connectivity index (χ1) is 10.6. The number of nitrogens with one attached hydrogen (secondary N) is 1. The Hall–Kier alpha value is -2.54. The van der Waals surface area contributed by atoms with E-state index in [1.54, 1.807) is 24.3 Å². The molecule has 1 N–H and O–H groups in total. The SMILES string of the molecule is CN(C)CCNC(=O)Cn1cc(C(=O)c2ccccc2)nn1. The minimum absolute atomic E-state index is 0.0441. The molecule has 1 heterocycles. The van der Waals surface area contributed by atoms with Gasteiger partial charge in [0.25, 0.3) is 0 Å². The zero-order valence-electron chi connectivity index (χ0n) is 12.7. The lowest BCUT2D eigenvalue weighted by atomic mass is 10.1. The molecule has 0 saturated carbocycles. The maximum absolute atomic E-state index is 12.2. The molecule has 0 saturated heterocycles. The highest BCUT2D eigenvalue weighted by atomic mass is 16.2. The molecule has 1 amide bonds. The zero-order chi connectivity index (χ0) is 15.9. The van der Waals surface area contributed by atoms with E-state index in [1.807, 2.05) is 25.1 Å². The molecule has 0 radical (unpaired) electrons. The molecule has 0 fully saturated rings. The summed E-state index contributed by atoms with van der Waals surface area (Å²) in [4.78, 5) is 25.9. The van der Waals surface area contributed by atoms with E-state index in [0.717, 1.165) is 6.54 Å². The smallest absolute Gasteiger partial charge is 0.241 e. The van der Waals surface area contributed by atoms with Gasteiger partial charge < -0.3 is 10.2 Å². The number of hydrogen-bond donors (Lipinski definition) is 1. The standard InChI is InChI=1S/C15H19N5O2/c1-19(2)9-8-16-14(21)11-20-10-13(17-18-20)15(22)12-6-4-3-5-7-12/h3-7,10H,8-9,11H2,1-2H3,(H,16,21). The average Bonchev–Trinajstić information content (AvgIpc) is 2.95. The van der Waals surface area contributed by atoms with Crippen molar-refractivity contribution in [1.29, 1.82) is 0 Å². The summed E-state index contributed by atoms with van der Waals surface area (Å²) in [6.07, 6.45) is 1.49. The fourth-order valence-electron chi connectivity index (χ4n) is 1.84. The van der Waals surface area contributed by atoms with Crippen molar-refractivity contribution in [2.45, 2.75) is 6.54 Å². The number of likely N-dealkylation sites (N-methyl/N-ethyl adjacent to an activating group) is 1. The third kappa shape index (κ3) is 4.49. The third-order valence-corrected chi connectivity index (χ3v) is 2.99. The molecule has 0 aliphatic rings.